The molecule has 1 amide bonds. The SMILES string of the molecule is COC(=O)C[C@H](Cc1ccc(Cl)cc1)NC(=O)c1ccc(Cl)cc1NS(=O)(=O)c1cccc2nccnc12. The zero-order valence-electron chi connectivity index (χ0n) is 20.0. The fraction of sp³-hybridized carbons (Fsp3) is 0.154. The van der Waals surface area contributed by atoms with Gasteiger partial charge in [0, 0.05) is 28.5 Å². The van der Waals surface area contributed by atoms with Crippen LogP contribution in [0.4, 0.5) is 5.69 Å². The lowest BCUT2D eigenvalue weighted by molar-refractivity contribution is -0.141. The highest BCUT2D eigenvalue weighted by atomic mass is 35.5. The van der Waals surface area contributed by atoms with E-state index in [1.165, 1.54) is 43.8 Å². The first kappa shape index (κ1) is 27.3. The fourth-order valence-corrected chi connectivity index (χ4v) is 5.34. The monoisotopic (exact) mass is 572 g/mol. The van der Waals surface area contributed by atoms with Crippen LogP contribution in [0.2, 0.25) is 10.0 Å². The number of nitrogens with one attached hydrogen (secondary N) is 2. The summed E-state index contributed by atoms with van der Waals surface area (Å²) in [6.07, 6.45) is 3.05. The van der Waals surface area contributed by atoms with E-state index in [0.29, 0.717) is 17.0 Å². The Balaban J connectivity index is 1.63. The van der Waals surface area contributed by atoms with E-state index >= 15 is 0 Å². The third-order valence-electron chi connectivity index (χ3n) is 5.59. The lowest BCUT2D eigenvalue weighted by Gasteiger charge is -2.20. The molecule has 1 aromatic heterocycles. The summed E-state index contributed by atoms with van der Waals surface area (Å²) in [6.45, 7) is 0. The molecule has 0 aliphatic carbocycles. The molecule has 0 spiro atoms. The number of hydrogen-bond donors (Lipinski definition) is 2. The van der Waals surface area contributed by atoms with Crippen LogP contribution in [0, 0.1) is 0 Å². The number of nitrogens with zero attached hydrogens (tertiary/aromatic N) is 2. The molecule has 38 heavy (non-hydrogen) atoms. The minimum absolute atomic E-state index is 0.00951. The smallest absolute Gasteiger partial charge is 0.307 e. The van der Waals surface area contributed by atoms with E-state index in [9.17, 15) is 18.0 Å². The summed E-state index contributed by atoms with van der Waals surface area (Å²) in [5, 5.41) is 3.57. The highest BCUT2D eigenvalue weighted by Crippen LogP contribution is 2.27. The second-order valence-electron chi connectivity index (χ2n) is 8.26. The molecule has 0 fully saturated rings. The first-order chi connectivity index (χ1) is 18.2. The maximum Gasteiger partial charge on any atom is 0.307 e. The zero-order valence-corrected chi connectivity index (χ0v) is 22.3. The average Bonchev–Trinajstić information content (AvgIpc) is 2.89. The largest absolute Gasteiger partial charge is 0.469 e. The van der Waals surface area contributed by atoms with E-state index < -0.39 is 27.9 Å². The van der Waals surface area contributed by atoms with E-state index in [0.717, 1.165) is 5.56 Å². The van der Waals surface area contributed by atoms with Crippen molar-refractivity contribution < 1.29 is 22.7 Å². The van der Waals surface area contributed by atoms with E-state index in [1.807, 2.05) is 0 Å². The van der Waals surface area contributed by atoms with Gasteiger partial charge in [-0.3, -0.25) is 24.3 Å². The highest BCUT2D eigenvalue weighted by molar-refractivity contribution is 7.93. The van der Waals surface area contributed by atoms with E-state index in [2.05, 4.69) is 20.0 Å². The number of benzene rings is 3. The van der Waals surface area contributed by atoms with Crippen LogP contribution in [-0.2, 0) is 26.0 Å². The molecule has 0 aliphatic heterocycles. The molecule has 12 heteroatoms. The highest BCUT2D eigenvalue weighted by Gasteiger charge is 2.24. The maximum absolute atomic E-state index is 13.4. The van der Waals surface area contributed by atoms with Crippen LogP contribution in [0.15, 0.2) is 78.0 Å². The third kappa shape index (κ3) is 6.58. The molecule has 3 aromatic carbocycles. The van der Waals surface area contributed by atoms with Gasteiger partial charge in [0.15, 0.2) is 0 Å². The number of rotatable bonds is 9. The van der Waals surface area contributed by atoms with Crippen LogP contribution in [0.1, 0.15) is 22.3 Å². The molecular formula is C26H22Cl2N4O5S. The Hall–Kier alpha value is -3.73. The molecule has 1 heterocycles. The summed E-state index contributed by atoms with van der Waals surface area (Å²) in [6, 6.07) is 15.1. The van der Waals surface area contributed by atoms with Crippen molar-refractivity contribution in [3.05, 3.63) is 94.2 Å². The normalized spacial score (nSPS) is 12.1. The van der Waals surface area contributed by atoms with E-state index in [-0.39, 0.29) is 33.1 Å². The molecular weight excluding hydrogens is 551 g/mol. The molecule has 2 N–H and O–H groups in total. The van der Waals surface area contributed by atoms with Crippen molar-refractivity contribution in [2.24, 2.45) is 0 Å². The molecule has 4 rings (SSSR count). The van der Waals surface area contributed by atoms with Crippen molar-refractivity contribution in [1.29, 1.82) is 0 Å². The number of amides is 1. The number of hydrogen-bond acceptors (Lipinski definition) is 7. The molecule has 0 radical (unpaired) electrons. The number of fused-ring (bicyclic) bond motifs is 1. The number of carbonyl (C=O) groups is 2. The lowest BCUT2D eigenvalue weighted by Crippen LogP contribution is -2.38. The Morgan fingerprint density at radius 1 is 0.974 bits per heavy atom. The first-order valence-electron chi connectivity index (χ1n) is 11.3. The minimum Gasteiger partial charge on any atom is -0.469 e. The molecule has 9 nitrogen and oxygen atoms in total. The van der Waals surface area contributed by atoms with E-state index in [1.54, 1.807) is 36.4 Å². The second kappa shape index (κ2) is 11.8. The van der Waals surface area contributed by atoms with Gasteiger partial charge in [0.05, 0.1) is 30.3 Å². The number of para-hydroxylation sites is 1. The molecule has 196 valence electrons. The fourth-order valence-electron chi connectivity index (χ4n) is 3.81. The Morgan fingerprint density at radius 2 is 1.68 bits per heavy atom. The lowest BCUT2D eigenvalue weighted by atomic mass is 10.0. The van der Waals surface area contributed by atoms with Gasteiger partial charge in [-0.25, -0.2) is 8.42 Å². The quantitative estimate of drug-likeness (QED) is 0.279. The predicted octanol–water partition coefficient (Wildman–Crippen LogP) is 4.64. The standard InChI is InChI=1S/C26H22Cl2N4O5S/c1-37-24(33)15-19(13-16-5-7-17(27)8-6-16)31-26(34)20-10-9-18(28)14-22(20)32-38(35,36)23-4-2-3-21-25(23)30-12-11-29-21/h2-12,14,19,32H,13,15H2,1H3,(H,31,34)/t19-/m0/s1. The average molecular weight is 573 g/mol. The number of anilines is 1. The number of esters is 1. The van der Waals surface area contributed by atoms with E-state index in [4.69, 9.17) is 27.9 Å². The van der Waals surface area contributed by atoms with Crippen molar-refractivity contribution in [2.75, 3.05) is 11.8 Å². The molecule has 0 bridgehead atoms. The Morgan fingerprint density at radius 3 is 2.42 bits per heavy atom. The third-order valence-corrected chi connectivity index (χ3v) is 7.48. The van der Waals surface area contributed by atoms with Crippen molar-refractivity contribution in [3.63, 3.8) is 0 Å². The van der Waals surface area contributed by atoms with Crippen LogP contribution >= 0.6 is 23.2 Å². The molecule has 0 aliphatic rings. The van der Waals surface area contributed by atoms with Gasteiger partial charge >= 0.3 is 5.97 Å². The summed E-state index contributed by atoms with van der Waals surface area (Å²) < 4.78 is 33.9. The predicted molar refractivity (Wildman–Crippen MR) is 145 cm³/mol. The van der Waals surface area contributed by atoms with Crippen molar-refractivity contribution >= 4 is 61.8 Å². The Labute approximate surface area is 229 Å². The number of halogens is 2. The summed E-state index contributed by atoms with van der Waals surface area (Å²) in [4.78, 5) is 33.6. The topological polar surface area (TPSA) is 127 Å². The van der Waals surface area contributed by atoms with Gasteiger partial charge in [0.25, 0.3) is 15.9 Å². The summed E-state index contributed by atoms with van der Waals surface area (Å²) >= 11 is 12.1. The number of aromatic nitrogens is 2. The molecule has 0 saturated heterocycles. The van der Waals surface area contributed by atoms with Crippen molar-refractivity contribution in [3.8, 4) is 0 Å². The number of ether oxygens (including phenoxy) is 1. The second-order valence-corrected chi connectivity index (χ2v) is 10.8. The van der Waals surface area contributed by atoms with Gasteiger partial charge in [0.1, 0.15) is 10.4 Å². The summed E-state index contributed by atoms with van der Waals surface area (Å²) in [5.74, 6) is -1.13. The van der Waals surface area contributed by atoms with Crippen molar-refractivity contribution in [2.45, 2.75) is 23.8 Å². The van der Waals surface area contributed by atoms with Gasteiger partial charge < -0.3 is 10.1 Å². The van der Waals surface area contributed by atoms with Gasteiger partial charge in [-0.05, 0) is 54.4 Å². The van der Waals surface area contributed by atoms with Crippen LogP contribution < -0.4 is 10.0 Å². The Kier molecular flexibility index (Phi) is 8.45. The number of carbonyl (C=O) groups excluding carboxylic acids is 2. The molecule has 4 aromatic rings. The minimum atomic E-state index is -4.19. The van der Waals surface area contributed by atoms with Crippen LogP contribution in [0.25, 0.3) is 11.0 Å². The van der Waals surface area contributed by atoms with Crippen molar-refractivity contribution in [1.82, 2.24) is 15.3 Å². The van der Waals surface area contributed by atoms with Gasteiger partial charge in [0.2, 0.25) is 0 Å². The summed E-state index contributed by atoms with van der Waals surface area (Å²) in [7, 11) is -2.94. The van der Waals surface area contributed by atoms with Gasteiger partial charge in [-0.1, -0.05) is 41.4 Å². The Bertz CT molecular complexity index is 1590. The number of methoxy groups -OCH3 is 1. The van der Waals surface area contributed by atoms with Crippen LogP contribution in [0.5, 0.6) is 0 Å². The van der Waals surface area contributed by atoms with Gasteiger partial charge in [-0.15, -0.1) is 0 Å². The zero-order chi connectivity index (χ0) is 27.3. The first-order valence-corrected chi connectivity index (χ1v) is 13.5. The number of sulfonamides is 1. The van der Waals surface area contributed by atoms with Crippen LogP contribution in [0.3, 0.4) is 0 Å². The van der Waals surface area contributed by atoms with Gasteiger partial charge in [-0.2, -0.15) is 0 Å². The van der Waals surface area contributed by atoms with Crippen LogP contribution in [-0.4, -0.2) is 43.4 Å². The summed E-state index contributed by atoms with van der Waals surface area (Å²) in [5.41, 5.74) is 1.37. The molecule has 1 atom stereocenters. The molecule has 0 unspecified atom stereocenters. The maximum atomic E-state index is 13.4. The molecule has 0 saturated carbocycles.